The molecule has 0 bridgehead atoms. The molecular weight excluding hydrogens is 374 g/mol. The number of amides is 1. The molecule has 28 heavy (non-hydrogen) atoms. The smallest absolute Gasteiger partial charge is 0.227 e. The number of nitrogens with one attached hydrogen (secondary N) is 1. The van der Waals surface area contributed by atoms with E-state index in [2.05, 4.69) is 9.88 Å². The maximum Gasteiger partial charge on any atom is 0.227 e. The molecule has 1 aliphatic heterocycles. The van der Waals surface area contributed by atoms with Crippen molar-refractivity contribution in [3.63, 3.8) is 0 Å². The van der Waals surface area contributed by atoms with Gasteiger partial charge in [0.15, 0.2) is 5.78 Å². The number of benzene rings is 2. The molecule has 1 aliphatic rings. The van der Waals surface area contributed by atoms with Gasteiger partial charge in [-0.25, -0.2) is 0 Å². The summed E-state index contributed by atoms with van der Waals surface area (Å²) in [5.74, 6) is 0.212. The SMILES string of the molecule is O=C(CN1CCN(C(=O)Cc2c[nH]c3ccccc23)CC1)c1ccc(Cl)cc1. The minimum atomic E-state index is 0.0789. The number of carbonyl (C=O) groups is 2. The van der Waals surface area contributed by atoms with Crippen molar-refractivity contribution in [2.75, 3.05) is 32.7 Å². The van der Waals surface area contributed by atoms with Gasteiger partial charge in [0, 0.05) is 53.9 Å². The number of rotatable bonds is 5. The van der Waals surface area contributed by atoms with Crippen molar-refractivity contribution in [1.29, 1.82) is 0 Å². The van der Waals surface area contributed by atoms with E-state index in [-0.39, 0.29) is 11.7 Å². The van der Waals surface area contributed by atoms with E-state index in [4.69, 9.17) is 11.6 Å². The maximum atomic E-state index is 12.7. The average Bonchev–Trinajstić information content (AvgIpc) is 3.12. The highest BCUT2D eigenvalue weighted by molar-refractivity contribution is 6.30. The Morgan fingerprint density at radius 3 is 2.43 bits per heavy atom. The normalized spacial score (nSPS) is 15.1. The highest BCUT2D eigenvalue weighted by Crippen LogP contribution is 2.19. The van der Waals surface area contributed by atoms with Gasteiger partial charge in [0.2, 0.25) is 5.91 Å². The van der Waals surface area contributed by atoms with Crippen molar-refractivity contribution in [2.45, 2.75) is 6.42 Å². The van der Waals surface area contributed by atoms with Crippen molar-refractivity contribution >= 4 is 34.2 Å². The molecule has 0 aliphatic carbocycles. The summed E-state index contributed by atoms with van der Waals surface area (Å²) in [6, 6.07) is 15.0. The number of aromatic nitrogens is 1. The highest BCUT2D eigenvalue weighted by Gasteiger charge is 2.23. The van der Waals surface area contributed by atoms with E-state index >= 15 is 0 Å². The summed E-state index contributed by atoms with van der Waals surface area (Å²) < 4.78 is 0. The zero-order valence-corrected chi connectivity index (χ0v) is 16.3. The largest absolute Gasteiger partial charge is 0.361 e. The lowest BCUT2D eigenvalue weighted by Gasteiger charge is -2.34. The summed E-state index contributed by atoms with van der Waals surface area (Å²) in [7, 11) is 0. The number of nitrogens with zero attached hydrogens (tertiary/aromatic N) is 2. The Bertz CT molecular complexity index is 988. The molecule has 1 amide bonds. The van der Waals surface area contributed by atoms with Crippen LogP contribution >= 0.6 is 11.6 Å². The molecule has 3 aromatic rings. The zero-order valence-electron chi connectivity index (χ0n) is 15.5. The first kappa shape index (κ1) is 18.7. The predicted molar refractivity (Wildman–Crippen MR) is 111 cm³/mol. The Hall–Kier alpha value is -2.63. The van der Waals surface area contributed by atoms with Crippen LogP contribution in [0.1, 0.15) is 15.9 Å². The Morgan fingerprint density at radius 1 is 0.964 bits per heavy atom. The summed E-state index contributed by atoms with van der Waals surface area (Å²) in [6.45, 7) is 3.08. The van der Waals surface area contributed by atoms with Gasteiger partial charge in [0.1, 0.15) is 0 Å². The van der Waals surface area contributed by atoms with Crippen LogP contribution in [0.4, 0.5) is 0 Å². The van der Waals surface area contributed by atoms with E-state index in [1.165, 1.54) is 0 Å². The number of hydrogen-bond acceptors (Lipinski definition) is 3. The fraction of sp³-hybridized carbons (Fsp3) is 0.273. The molecule has 144 valence electrons. The van der Waals surface area contributed by atoms with Crippen molar-refractivity contribution < 1.29 is 9.59 Å². The Balaban J connectivity index is 1.30. The Morgan fingerprint density at radius 2 is 1.68 bits per heavy atom. The number of ketones is 1. The topological polar surface area (TPSA) is 56.4 Å². The van der Waals surface area contributed by atoms with Gasteiger partial charge in [-0.3, -0.25) is 14.5 Å². The molecule has 5 nitrogen and oxygen atoms in total. The second kappa shape index (κ2) is 8.17. The summed E-state index contributed by atoms with van der Waals surface area (Å²) in [5.41, 5.74) is 2.75. The van der Waals surface area contributed by atoms with Crippen LogP contribution < -0.4 is 0 Å². The van der Waals surface area contributed by atoms with Crippen LogP contribution in [-0.2, 0) is 11.2 Å². The number of aromatic amines is 1. The van der Waals surface area contributed by atoms with Gasteiger partial charge >= 0.3 is 0 Å². The third-order valence-electron chi connectivity index (χ3n) is 5.28. The van der Waals surface area contributed by atoms with Crippen LogP contribution in [0.3, 0.4) is 0 Å². The van der Waals surface area contributed by atoms with E-state index in [0.717, 1.165) is 16.5 Å². The van der Waals surface area contributed by atoms with Crippen LogP contribution in [0.5, 0.6) is 0 Å². The molecule has 6 heteroatoms. The van der Waals surface area contributed by atoms with Crippen LogP contribution in [0.2, 0.25) is 5.02 Å². The van der Waals surface area contributed by atoms with Crippen LogP contribution in [-0.4, -0.2) is 59.2 Å². The fourth-order valence-corrected chi connectivity index (χ4v) is 3.76. The molecule has 0 saturated carbocycles. The number of fused-ring (bicyclic) bond motifs is 1. The number of piperazine rings is 1. The van der Waals surface area contributed by atoms with Crippen LogP contribution in [0.15, 0.2) is 54.7 Å². The number of H-pyrrole nitrogens is 1. The summed E-state index contributed by atoms with van der Waals surface area (Å²) in [5, 5.41) is 1.72. The van der Waals surface area contributed by atoms with Crippen molar-refractivity contribution in [1.82, 2.24) is 14.8 Å². The van der Waals surface area contributed by atoms with Crippen molar-refractivity contribution in [2.24, 2.45) is 0 Å². The van der Waals surface area contributed by atoms with Gasteiger partial charge in [-0.1, -0.05) is 29.8 Å². The summed E-state index contributed by atoms with van der Waals surface area (Å²) >= 11 is 5.88. The maximum absolute atomic E-state index is 12.7. The first-order valence-electron chi connectivity index (χ1n) is 9.44. The van der Waals surface area contributed by atoms with Gasteiger partial charge in [-0.2, -0.15) is 0 Å². The second-order valence-electron chi connectivity index (χ2n) is 7.12. The first-order chi connectivity index (χ1) is 13.6. The lowest BCUT2D eigenvalue weighted by atomic mass is 10.1. The molecule has 0 spiro atoms. The fourth-order valence-electron chi connectivity index (χ4n) is 3.64. The van der Waals surface area contributed by atoms with Gasteiger partial charge in [-0.05, 0) is 35.9 Å². The molecule has 1 aromatic heterocycles. The quantitative estimate of drug-likeness (QED) is 0.674. The lowest BCUT2D eigenvalue weighted by Crippen LogP contribution is -2.50. The van der Waals surface area contributed by atoms with Gasteiger partial charge in [-0.15, -0.1) is 0 Å². The van der Waals surface area contributed by atoms with E-state index < -0.39 is 0 Å². The number of Topliss-reactive ketones (excluding diaryl/α,β-unsaturated/α-hetero) is 1. The van der Waals surface area contributed by atoms with E-state index in [1.807, 2.05) is 35.4 Å². The van der Waals surface area contributed by atoms with Crippen LogP contribution in [0.25, 0.3) is 10.9 Å². The van der Waals surface area contributed by atoms with E-state index in [0.29, 0.717) is 49.7 Å². The van der Waals surface area contributed by atoms with Crippen molar-refractivity contribution in [3.8, 4) is 0 Å². The minimum Gasteiger partial charge on any atom is -0.361 e. The van der Waals surface area contributed by atoms with Gasteiger partial charge < -0.3 is 9.88 Å². The third-order valence-corrected chi connectivity index (χ3v) is 5.53. The highest BCUT2D eigenvalue weighted by atomic mass is 35.5. The van der Waals surface area contributed by atoms with Crippen LogP contribution in [0, 0.1) is 0 Å². The Kier molecular flexibility index (Phi) is 5.46. The molecule has 4 rings (SSSR count). The summed E-state index contributed by atoms with van der Waals surface area (Å²) in [4.78, 5) is 32.3. The average molecular weight is 396 g/mol. The molecule has 0 unspecified atom stereocenters. The molecule has 2 aromatic carbocycles. The second-order valence-corrected chi connectivity index (χ2v) is 7.56. The number of para-hydroxylation sites is 1. The molecular formula is C22H22ClN3O2. The lowest BCUT2D eigenvalue weighted by molar-refractivity contribution is -0.132. The number of hydrogen-bond donors (Lipinski definition) is 1. The standard InChI is InChI=1S/C22H22ClN3O2/c23-18-7-5-16(6-8-18)21(27)15-25-9-11-26(12-10-25)22(28)13-17-14-24-20-4-2-1-3-19(17)20/h1-8,14,24H,9-13,15H2. The molecule has 1 fully saturated rings. The Labute approximate surface area is 168 Å². The third kappa shape index (κ3) is 4.11. The molecule has 1 N–H and O–H groups in total. The summed E-state index contributed by atoms with van der Waals surface area (Å²) in [6.07, 6.45) is 2.32. The zero-order chi connectivity index (χ0) is 19.5. The minimum absolute atomic E-state index is 0.0789. The molecule has 2 heterocycles. The van der Waals surface area contributed by atoms with Gasteiger partial charge in [0.25, 0.3) is 0 Å². The molecule has 0 atom stereocenters. The van der Waals surface area contributed by atoms with E-state index in [9.17, 15) is 9.59 Å². The van der Waals surface area contributed by atoms with Gasteiger partial charge in [0.05, 0.1) is 13.0 Å². The number of carbonyl (C=O) groups excluding carboxylic acids is 2. The molecule has 1 saturated heterocycles. The molecule has 0 radical (unpaired) electrons. The number of halogens is 1. The monoisotopic (exact) mass is 395 g/mol. The predicted octanol–water partition coefficient (Wildman–Crippen LogP) is 3.39. The van der Waals surface area contributed by atoms with Crippen molar-refractivity contribution in [3.05, 3.63) is 70.9 Å². The van der Waals surface area contributed by atoms with E-state index in [1.54, 1.807) is 24.3 Å². The first-order valence-corrected chi connectivity index (χ1v) is 9.82.